The van der Waals surface area contributed by atoms with E-state index in [1.165, 1.54) is 18.0 Å². The lowest BCUT2D eigenvalue weighted by atomic mass is 10.2. The van der Waals surface area contributed by atoms with Crippen LogP contribution in [0.4, 0.5) is 23.4 Å². The van der Waals surface area contributed by atoms with Crippen LogP contribution in [-0.2, 0) is 21.0 Å². The van der Waals surface area contributed by atoms with E-state index >= 15 is 0 Å². The first kappa shape index (κ1) is 22.9. The molecule has 0 spiro atoms. The second-order valence-electron chi connectivity index (χ2n) is 6.99. The van der Waals surface area contributed by atoms with E-state index in [-0.39, 0.29) is 18.0 Å². The second-order valence-corrected chi connectivity index (χ2v) is 9.03. The van der Waals surface area contributed by atoms with Crippen molar-refractivity contribution in [2.45, 2.75) is 11.1 Å². The van der Waals surface area contributed by atoms with Crippen molar-refractivity contribution in [2.75, 3.05) is 44.7 Å². The van der Waals surface area contributed by atoms with Crippen LogP contribution in [0.3, 0.4) is 0 Å². The SMILES string of the molecule is CN(CC(=O)N1CCN(c2ccc(C(F)(F)F)cn2)CC1)S(=O)(=O)c1ccc(F)cc1. The molecular formula is C19H20F4N4O3S. The van der Waals surface area contributed by atoms with E-state index in [1.54, 1.807) is 4.90 Å². The zero-order valence-corrected chi connectivity index (χ0v) is 17.3. The smallest absolute Gasteiger partial charge is 0.353 e. The minimum Gasteiger partial charge on any atom is -0.353 e. The van der Waals surface area contributed by atoms with Crippen LogP contribution in [0.5, 0.6) is 0 Å². The molecule has 0 aliphatic carbocycles. The highest BCUT2D eigenvalue weighted by Crippen LogP contribution is 2.29. The number of carbonyl (C=O) groups excluding carboxylic acids is 1. The summed E-state index contributed by atoms with van der Waals surface area (Å²) in [6.45, 7) is 0.841. The number of aromatic nitrogens is 1. The topological polar surface area (TPSA) is 73.8 Å². The molecule has 0 bridgehead atoms. The number of sulfonamides is 1. The number of amides is 1. The molecule has 3 rings (SSSR count). The molecule has 12 heteroatoms. The first-order valence-corrected chi connectivity index (χ1v) is 10.7. The van der Waals surface area contributed by atoms with Crippen molar-refractivity contribution >= 4 is 21.7 Å². The van der Waals surface area contributed by atoms with Crippen LogP contribution in [-0.4, -0.2) is 68.3 Å². The minimum atomic E-state index is -4.46. The molecule has 168 valence electrons. The zero-order chi connectivity index (χ0) is 22.8. The maximum absolute atomic E-state index is 13.0. The lowest BCUT2D eigenvalue weighted by molar-refractivity contribution is -0.137. The molecule has 0 radical (unpaired) electrons. The molecule has 2 heterocycles. The lowest BCUT2D eigenvalue weighted by Gasteiger charge is -2.36. The number of halogens is 4. The number of hydrogen-bond donors (Lipinski definition) is 0. The Morgan fingerprint density at radius 2 is 1.68 bits per heavy atom. The van der Waals surface area contributed by atoms with Crippen LogP contribution >= 0.6 is 0 Å². The summed E-state index contributed by atoms with van der Waals surface area (Å²) < 4.78 is 77.0. The van der Waals surface area contributed by atoms with Gasteiger partial charge in [-0.3, -0.25) is 4.79 Å². The maximum atomic E-state index is 13.0. The highest BCUT2D eigenvalue weighted by Gasteiger charge is 2.31. The summed E-state index contributed by atoms with van der Waals surface area (Å²) >= 11 is 0. The van der Waals surface area contributed by atoms with Gasteiger partial charge in [-0.25, -0.2) is 17.8 Å². The summed E-state index contributed by atoms with van der Waals surface area (Å²) in [6, 6.07) is 6.54. The van der Waals surface area contributed by atoms with Crippen LogP contribution < -0.4 is 4.90 Å². The Balaban J connectivity index is 1.57. The van der Waals surface area contributed by atoms with Crippen molar-refractivity contribution in [2.24, 2.45) is 0 Å². The van der Waals surface area contributed by atoms with Gasteiger partial charge >= 0.3 is 6.18 Å². The summed E-state index contributed by atoms with van der Waals surface area (Å²) in [4.78, 5) is 19.5. The number of anilines is 1. The van der Waals surface area contributed by atoms with E-state index in [2.05, 4.69) is 4.98 Å². The first-order chi connectivity index (χ1) is 14.5. The summed E-state index contributed by atoms with van der Waals surface area (Å²) in [5.74, 6) is -0.609. The van der Waals surface area contributed by atoms with Gasteiger partial charge in [0.05, 0.1) is 17.0 Å². The number of benzene rings is 1. The van der Waals surface area contributed by atoms with E-state index < -0.39 is 40.0 Å². The number of pyridine rings is 1. The molecule has 1 aliphatic heterocycles. The molecule has 0 unspecified atom stereocenters. The first-order valence-electron chi connectivity index (χ1n) is 9.26. The van der Waals surface area contributed by atoms with Gasteiger partial charge in [0, 0.05) is 39.4 Å². The fourth-order valence-corrected chi connectivity index (χ4v) is 4.21. The van der Waals surface area contributed by atoms with Crippen LogP contribution in [0, 0.1) is 5.82 Å². The van der Waals surface area contributed by atoms with Crippen LogP contribution in [0.25, 0.3) is 0 Å². The molecule has 1 amide bonds. The molecule has 1 saturated heterocycles. The molecule has 1 aromatic heterocycles. The Hall–Kier alpha value is -2.73. The summed E-state index contributed by atoms with van der Waals surface area (Å²) in [6.07, 6.45) is -3.70. The van der Waals surface area contributed by atoms with Gasteiger partial charge in [-0.2, -0.15) is 17.5 Å². The van der Waals surface area contributed by atoms with Crippen molar-refractivity contribution in [3.8, 4) is 0 Å². The quantitative estimate of drug-likeness (QED) is 0.640. The molecule has 1 aromatic carbocycles. The van der Waals surface area contributed by atoms with E-state index in [4.69, 9.17) is 0 Å². The van der Waals surface area contributed by atoms with Gasteiger partial charge in [-0.05, 0) is 36.4 Å². The number of carbonyl (C=O) groups is 1. The number of nitrogens with zero attached hydrogens (tertiary/aromatic N) is 4. The highest BCUT2D eigenvalue weighted by molar-refractivity contribution is 7.89. The molecule has 7 nitrogen and oxygen atoms in total. The Labute approximate surface area is 176 Å². The van der Waals surface area contributed by atoms with Gasteiger partial charge in [0.25, 0.3) is 0 Å². The molecule has 1 aliphatic rings. The molecule has 2 aromatic rings. The normalized spacial score (nSPS) is 15.4. The predicted octanol–water partition coefficient (Wildman–Crippen LogP) is 2.21. The molecule has 0 saturated carbocycles. The summed E-state index contributed by atoms with van der Waals surface area (Å²) in [5, 5.41) is 0. The fraction of sp³-hybridized carbons (Fsp3) is 0.368. The summed E-state index contributed by atoms with van der Waals surface area (Å²) in [7, 11) is -2.69. The van der Waals surface area contributed by atoms with Crippen molar-refractivity contribution in [3.05, 3.63) is 54.0 Å². The minimum absolute atomic E-state index is 0.123. The van der Waals surface area contributed by atoms with Gasteiger partial charge in [0.2, 0.25) is 15.9 Å². The van der Waals surface area contributed by atoms with Crippen LogP contribution in [0.15, 0.2) is 47.5 Å². The maximum Gasteiger partial charge on any atom is 0.417 e. The van der Waals surface area contributed by atoms with Gasteiger partial charge < -0.3 is 9.80 Å². The van der Waals surface area contributed by atoms with Crippen molar-refractivity contribution in [1.29, 1.82) is 0 Å². The van der Waals surface area contributed by atoms with E-state index in [0.29, 0.717) is 18.9 Å². The Kier molecular flexibility index (Phi) is 6.51. The Bertz CT molecular complexity index is 1020. The Morgan fingerprint density at radius 1 is 1.06 bits per heavy atom. The van der Waals surface area contributed by atoms with Crippen LogP contribution in [0.1, 0.15) is 5.56 Å². The van der Waals surface area contributed by atoms with Crippen molar-refractivity contribution in [1.82, 2.24) is 14.2 Å². The van der Waals surface area contributed by atoms with E-state index in [0.717, 1.165) is 40.8 Å². The highest BCUT2D eigenvalue weighted by atomic mass is 32.2. The predicted molar refractivity (Wildman–Crippen MR) is 104 cm³/mol. The largest absolute Gasteiger partial charge is 0.417 e. The molecule has 1 fully saturated rings. The third-order valence-electron chi connectivity index (χ3n) is 4.91. The van der Waals surface area contributed by atoms with Gasteiger partial charge in [-0.15, -0.1) is 0 Å². The summed E-state index contributed by atoms with van der Waals surface area (Å²) in [5.41, 5.74) is -0.838. The van der Waals surface area contributed by atoms with Crippen molar-refractivity contribution < 1.29 is 30.8 Å². The van der Waals surface area contributed by atoms with E-state index in [9.17, 15) is 30.8 Å². The van der Waals surface area contributed by atoms with Gasteiger partial charge in [0.1, 0.15) is 11.6 Å². The third-order valence-corrected chi connectivity index (χ3v) is 6.73. The number of likely N-dealkylation sites (N-methyl/N-ethyl adjacent to an activating group) is 1. The zero-order valence-electron chi connectivity index (χ0n) is 16.5. The Morgan fingerprint density at radius 3 is 2.19 bits per heavy atom. The number of piperazine rings is 1. The van der Waals surface area contributed by atoms with Crippen molar-refractivity contribution in [3.63, 3.8) is 0 Å². The van der Waals surface area contributed by atoms with Gasteiger partial charge in [-0.1, -0.05) is 0 Å². The molecule has 0 atom stereocenters. The fourth-order valence-electron chi connectivity index (χ4n) is 3.09. The van der Waals surface area contributed by atoms with Crippen LogP contribution in [0.2, 0.25) is 0 Å². The monoisotopic (exact) mass is 460 g/mol. The van der Waals surface area contributed by atoms with Gasteiger partial charge in [0.15, 0.2) is 0 Å². The molecule has 31 heavy (non-hydrogen) atoms. The number of alkyl halides is 3. The second kappa shape index (κ2) is 8.79. The molecule has 0 N–H and O–H groups in total. The average molecular weight is 460 g/mol. The number of hydrogen-bond acceptors (Lipinski definition) is 5. The van der Waals surface area contributed by atoms with E-state index in [1.807, 2.05) is 0 Å². The standard InChI is InChI=1S/C19H20F4N4O3S/c1-25(31(29,30)16-5-3-15(20)4-6-16)13-18(28)27-10-8-26(9-11-27)17-7-2-14(12-24-17)19(21,22)23/h2-7,12H,8-11,13H2,1H3. The molecular weight excluding hydrogens is 440 g/mol. The average Bonchev–Trinajstić information content (AvgIpc) is 2.73. The lowest BCUT2D eigenvalue weighted by Crippen LogP contribution is -2.51. The third kappa shape index (κ3) is 5.31. The number of rotatable bonds is 5.